The number of nitrogens with zero attached hydrogens (tertiary/aromatic N) is 1. The van der Waals surface area contributed by atoms with Crippen molar-refractivity contribution < 1.29 is 8.42 Å². The van der Waals surface area contributed by atoms with E-state index in [0.717, 1.165) is 5.03 Å². The van der Waals surface area contributed by atoms with Crippen LogP contribution in [0.5, 0.6) is 0 Å². The first-order valence-corrected chi connectivity index (χ1v) is 7.93. The molecule has 1 aromatic heterocycles. The van der Waals surface area contributed by atoms with Crippen molar-refractivity contribution in [2.75, 3.05) is 17.2 Å². The molecule has 0 aliphatic rings. The van der Waals surface area contributed by atoms with Gasteiger partial charge in [-0.3, -0.25) is 0 Å². The summed E-state index contributed by atoms with van der Waals surface area (Å²) in [5, 5.41) is 0.795. The highest BCUT2D eigenvalue weighted by molar-refractivity contribution is 8.00. The maximum Gasteiger partial charge on any atom is 0.156 e. The Labute approximate surface area is 107 Å². The summed E-state index contributed by atoms with van der Waals surface area (Å²) < 4.78 is 23.0. The Bertz CT molecular complexity index is 461. The van der Waals surface area contributed by atoms with E-state index in [1.54, 1.807) is 39.1 Å². The third kappa shape index (κ3) is 4.20. The number of pyridine rings is 1. The molecule has 96 valence electrons. The first kappa shape index (κ1) is 14.3. The van der Waals surface area contributed by atoms with Gasteiger partial charge < -0.3 is 5.73 Å². The molecule has 2 N–H and O–H groups in total. The molecule has 1 aromatic rings. The van der Waals surface area contributed by atoms with Crippen molar-refractivity contribution in [3.8, 4) is 0 Å². The van der Waals surface area contributed by atoms with E-state index in [2.05, 4.69) is 4.98 Å². The molecular weight excluding hydrogens is 256 g/mol. The van der Waals surface area contributed by atoms with Crippen LogP contribution >= 0.6 is 11.8 Å². The van der Waals surface area contributed by atoms with Gasteiger partial charge in [0.05, 0.1) is 27.4 Å². The van der Waals surface area contributed by atoms with Crippen LogP contribution in [0.4, 0.5) is 5.69 Å². The Balaban J connectivity index is 2.52. The summed E-state index contributed by atoms with van der Waals surface area (Å²) in [5.74, 6) is 0.670. The molecule has 0 saturated heterocycles. The maximum atomic E-state index is 11.8. The molecule has 0 unspecified atom stereocenters. The van der Waals surface area contributed by atoms with Crippen LogP contribution in [0.25, 0.3) is 0 Å². The number of sulfone groups is 1. The molecule has 0 aliphatic heterocycles. The quantitative estimate of drug-likeness (QED) is 0.850. The van der Waals surface area contributed by atoms with Gasteiger partial charge in [-0.25, -0.2) is 13.4 Å². The molecule has 1 rings (SSSR count). The lowest BCUT2D eigenvalue weighted by Gasteiger charge is -2.18. The van der Waals surface area contributed by atoms with Gasteiger partial charge in [0.1, 0.15) is 0 Å². The second kappa shape index (κ2) is 5.27. The molecular formula is C11H18N2O2S2. The number of nitrogens with two attached hydrogens (primary N) is 1. The molecule has 0 amide bonds. The molecule has 6 heteroatoms. The minimum atomic E-state index is -3.05. The Kier molecular flexibility index (Phi) is 4.43. The standard InChI is InChI=1S/C11H18N2O2S2/c1-11(2,3)17(14,15)7-6-16-10-5-4-9(12)8-13-10/h4-5,8H,6-7,12H2,1-3H3. The second-order valence-electron chi connectivity index (χ2n) is 4.71. The first-order chi connectivity index (χ1) is 7.72. The molecule has 4 nitrogen and oxygen atoms in total. The van der Waals surface area contributed by atoms with Gasteiger partial charge in [-0.15, -0.1) is 11.8 Å². The third-order valence-corrected chi connectivity index (χ3v) is 6.11. The van der Waals surface area contributed by atoms with Crippen molar-refractivity contribution in [3.63, 3.8) is 0 Å². The van der Waals surface area contributed by atoms with Crippen molar-refractivity contribution in [3.05, 3.63) is 18.3 Å². The molecule has 1 heterocycles. The Morgan fingerprint density at radius 1 is 1.35 bits per heavy atom. The van der Waals surface area contributed by atoms with E-state index in [1.807, 2.05) is 0 Å². The monoisotopic (exact) mass is 274 g/mol. The van der Waals surface area contributed by atoms with Crippen molar-refractivity contribution in [2.45, 2.75) is 30.5 Å². The fourth-order valence-corrected chi connectivity index (χ4v) is 3.36. The predicted molar refractivity (Wildman–Crippen MR) is 72.9 cm³/mol. The van der Waals surface area contributed by atoms with Gasteiger partial charge >= 0.3 is 0 Å². The van der Waals surface area contributed by atoms with Crippen molar-refractivity contribution in [1.82, 2.24) is 4.98 Å². The van der Waals surface area contributed by atoms with E-state index in [-0.39, 0.29) is 5.75 Å². The van der Waals surface area contributed by atoms with Crippen LogP contribution in [0.15, 0.2) is 23.4 Å². The van der Waals surface area contributed by atoms with Crippen LogP contribution in [0.2, 0.25) is 0 Å². The fourth-order valence-electron chi connectivity index (χ4n) is 1.04. The normalized spacial score (nSPS) is 12.6. The van der Waals surface area contributed by atoms with E-state index in [4.69, 9.17) is 5.73 Å². The lowest BCUT2D eigenvalue weighted by Crippen LogP contribution is -2.31. The summed E-state index contributed by atoms with van der Waals surface area (Å²) in [5.41, 5.74) is 6.12. The number of hydrogen-bond donors (Lipinski definition) is 1. The highest BCUT2D eigenvalue weighted by atomic mass is 32.2. The predicted octanol–water partition coefficient (Wildman–Crippen LogP) is 1.97. The van der Waals surface area contributed by atoms with E-state index < -0.39 is 14.6 Å². The number of aromatic nitrogens is 1. The van der Waals surface area contributed by atoms with Gasteiger partial charge in [0.2, 0.25) is 0 Å². The van der Waals surface area contributed by atoms with E-state index in [0.29, 0.717) is 11.4 Å². The van der Waals surface area contributed by atoms with Gasteiger partial charge in [0, 0.05) is 5.75 Å². The van der Waals surface area contributed by atoms with Crippen LogP contribution in [-0.4, -0.2) is 29.7 Å². The number of hydrogen-bond acceptors (Lipinski definition) is 5. The van der Waals surface area contributed by atoms with E-state index in [1.165, 1.54) is 11.8 Å². The summed E-state index contributed by atoms with van der Waals surface area (Å²) >= 11 is 1.43. The van der Waals surface area contributed by atoms with Crippen LogP contribution in [0, 0.1) is 0 Å². The summed E-state index contributed by atoms with van der Waals surface area (Å²) in [6.07, 6.45) is 1.57. The van der Waals surface area contributed by atoms with Crippen LogP contribution in [0.3, 0.4) is 0 Å². The lowest BCUT2D eigenvalue weighted by atomic mass is 10.3. The average Bonchev–Trinajstić information content (AvgIpc) is 2.19. The molecule has 0 spiro atoms. The summed E-state index contributed by atoms with van der Waals surface area (Å²) in [6.45, 7) is 5.15. The van der Waals surface area contributed by atoms with Crippen LogP contribution in [0.1, 0.15) is 20.8 Å². The summed E-state index contributed by atoms with van der Waals surface area (Å²) in [7, 11) is -3.05. The molecule has 0 aromatic carbocycles. The molecule has 0 saturated carbocycles. The van der Waals surface area contributed by atoms with Gasteiger partial charge in [0.25, 0.3) is 0 Å². The molecule has 0 bridgehead atoms. The maximum absolute atomic E-state index is 11.8. The van der Waals surface area contributed by atoms with Gasteiger partial charge in [-0.05, 0) is 32.9 Å². The van der Waals surface area contributed by atoms with E-state index >= 15 is 0 Å². The molecule has 0 fully saturated rings. The SMILES string of the molecule is CC(C)(C)S(=O)(=O)CCSc1ccc(N)cn1. The summed E-state index contributed by atoms with van der Waals surface area (Å²) in [4.78, 5) is 4.10. The largest absolute Gasteiger partial charge is 0.397 e. The minimum Gasteiger partial charge on any atom is -0.397 e. The highest BCUT2D eigenvalue weighted by Crippen LogP contribution is 2.20. The lowest BCUT2D eigenvalue weighted by molar-refractivity contribution is 0.562. The molecule has 0 atom stereocenters. The topological polar surface area (TPSA) is 73.0 Å². The molecule has 17 heavy (non-hydrogen) atoms. The zero-order valence-electron chi connectivity index (χ0n) is 10.3. The van der Waals surface area contributed by atoms with Crippen molar-refractivity contribution in [1.29, 1.82) is 0 Å². The molecule has 0 radical (unpaired) electrons. The van der Waals surface area contributed by atoms with Gasteiger partial charge in [-0.2, -0.15) is 0 Å². The van der Waals surface area contributed by atoms with Crippen molar-refractivity contribution in [2.24, 2.45) is 0 Å². The third-order valence-electron chi connectivity index (χ3n) is 2.29. The Morgan fingerprint density at radius 2 is 2.00 bits per heavy atom. The van der Waals surface area contributed by atoms with Crippen molar-refractivity contribution >= 4 is 27.3 Å². The zero-order valence-corrected chi connectivity index (χ0v) is 11.9. The van der Waals surface area contributed by atoms with Gasteiger partial charge in [-0.1, -0.05) is 0 Å². The number of rotatable bonds is 4. The van der Waals surface area contributed by atoms with E-state index in [9.17, 15) is 8.42 Å². The first-order valence-electron chi connectivity index (χ1n) is 5.29. The smallest absolute Gasteiger partial charge is 0.156 e. The number of thioether (sulfide) groups is 1. The Hall–Kier alpha value is -0.750. The van der Waals surface area contributed by atoms with Gasteiger partial charge in [0.15, 0.2) is 9.84 Å². The molecule has 0 aliphatic carbocycles. The highest BCUT2D eigenvalue weighted by Gasteiger charge is 2.28. The zero-order chi connectivity index (χ0) is 13.1. The minimum absolute atomic E-state index is 0.160. The van der Waals surface area contributed by atoms with Crippen LogP contribution in [-0.2, 0) is 9.84 Å². The number of nitrogen functional groups attached to an aromatic ring is 1. The second-order valence-corrected chi connectivity index (χ2v) is 8.69. The average molecular weight is 274 g/mol. The Morgan fingerprint density at radius 3 is 2.47 bits per heavy atom. The number of anilines is 1. The van der Waals surface area contributed by atoms with Crippen LogP contribution < -0.4 is 5.73 Å². The summed E-state index contributed by atoms with van der Waals surface area (Å²) in [6, 6.07) is 3.55. The fraction of sp³-hybridized carbons (Fsp3) is 0.545.